The SMILES string of the molecule is CN(C(=O)[C@H]1CCCO1)C1CCC2(CC1)CNC(=O)c1ccccc1O2. The van der Waals surface area contributed by atoms with Crippen LogP contribution in [-0.4, -0.2) is 54.7 Å². The van der Waals surface area contributed by atoms with Crippen molar-refractivity contribution in [1.29, 1.82) is 0 Å². The zero-order valence-electron chi connectivity index (χ0n) is 15.2. The smallest absolute Gasteiger partial charge is 0.255 e. The van der Waals surface area contributed by atoms with Crippen LogP contribution >= 0.6 is 0 Å². The van der Waals surface area contributed by atoms with E-state index in [4.69, 9.17) is 9.47 Å². The third-order valence-corrected chi connectivity index (χ3v) is 6.00. The number of nitrogens with zero attached hydrogens (tertiary/aromatic N) is 1. The number of carbonyl (C=O) groups excluding carboxylic acids is 2. The number of hydrogen-bond donors (Lipinski definition) is 1. The molecule has 0 unspecified atom stereocenters. The summed E-state index contributed by atoms with van der Waals surface area (Å²) in [5.74, 6) is 0.680. The van der Waals surface area contributed by atoms with Gasteiger partial charge in [0.25, 0.3) is 11.8 Å². The third-order valence-electron chi connectivity index (χ3n) is 6.00. The summed E-state index contributed by atoms with van der Waals surface area (Å²) >= 11 is 0. The maximum absolute atomic E-state index is 12.6. The van der Waals surface area contributed by atoms with Gasteiger partial charge in [0.1, 0.15) is 17.5 Å². The molecule has 1 N–H and O–H groups in total. The lowest BCUT2D eigenvalue weighted by Crippen LogP contribution is -2.52. The molecule has 2 fully saturated rings. The summed E-state index contributed by atoms with van der Waals surface area (Å²) in [5.41, 5.74) is 0.212. The molecular formula is C20H26N2O4. The van der Waals surface area contributed by atoms with Gasteiger partial charge in [0, 0.05) is 19.7 Å². The minimum absolute atomic E-state index is 0.0784. The van der Waals surface area contributed by atoms with E-state index in [1.165, 1.54) is 0 Å². The lowest BCUT2D eigenvalue weighted by molar-refractivity contribution is -0.143. The minimum atomic E-state index is -0.382. The summed E-state index contributed by atoms with van der Waals surface area (Å²) in [5, 5.41) is 3.01. The van der Waals surface area contributed by atoms with Crippen LogP contribution in [0.25, 0.3) is 0 Å². The second-order valence-corrected chi connectivity index (χ2v) is 7.65. The molecule has 140 valence electrons. The average molecular weight is 358 g/mol. The summed E-state index contributed by atoms with van der Waals surface area (Å²) in [7, 11) is 1.89. The molecule has 4 rings (SSSR count). The first-order valence-electron chi connectivity index (χ1n) is 9.52. The van der Waals surface area contributed by atoms with Gasteiger partial charge >= 0.3 is 0 Å². The highest BCUT2D eigenvalue weighted by molar-refractivity contribution is 5.97. The van der Waals surface area contributed by atoms with Gasteiger partial charge in [-0.3, -0.25) is 9.59 Å². The van der Waals surface area contributed by atoms with Crippen LogP contribution in [0, 0.1) is 0 Å². The van der Waals surface area contributed by atoms with Crippen molar-refractivity contribution in [3.63, 3.8) is 0 Å². The second kappa shape index (κ2) is 6.91. The number of ether oxygens (including phenoxy) is 2. The fourth-order valence-electron chi connectivity index (χ4n) is 4.32. The molecule has 2 amide bonds. The van der Waals surface area contributed by atoms with Gasteiger partial charge in [-0.1, -0.05) is 12.1 Å². The van der Waals surface area contributed by atoms with Gasteiger partial charge in [0.2, 0.25) is 0 Å². The van der Waals surface area contributed by atoms with Crippen LogP contribution in [0.3, 0.4) is 0 Å². The third kappa shape index (κ3) is 3.18. The number of nitrogens with one attached hydrogen (secondary N) is 1. The van der Waals surface area contributed by atoms with E-state index >= 15 is 0 Å². The molecule has 1 aliphatic carbocycles. The maximum atomic E-state index is 12.6. The summed E-state index contributed by atoms with van der Waals surface area (Å²) in [6.45, 7) is 1.20. The molecule has 3 aliphatic rings. The highest BCUT2D eigenvalue weighted by Gasteiger charge is 2.42. The number of para-hydroxylation sites is 1. The van der Waals surface area contributed by atoms with E-state index in [0.29, 0.717) is 24.5 Å². The van der Waals surface area contributed by atoms with Crippen molar-refractivity contribution >= 4 is 11.8 Å². The second-order valence-electron chi connectivity index (χ2n) is 7.65. The van der Waals surface area contributed by atoms with Gasteiger partial charge in [0.15, 0.2) is 0 Å². The van der Waals surface area contributed by atoms with Crippen molar-refractivity contribution in [2.24, 2.45) is 0 Å². The molecule has 26 heavy (non-hydrogen) atoms. The predicted molar refractivity (Wildman–Crippen MR) is 96.1 cm³/mol. The van der Waals surface area contributed by atoms with Gasteiger partial charge in [0.05, 0.1) is 12.1 Å². The van der Waals surface area contributed by atoms with E-state index in [-0.39, 0.29) is 29.6 Å². The van der Waals surface area contributed by atoms with Crippen LogP contribution in [0.1, 0.15) is 48.9 Å². The Hall–Kier alpha value is -2.08. The Balaban J connectivity index is 1.43. The molecule has 1 atom stereocenters. The molecule has 6 nitrogen and oxygen atoms in total. The quantitative estimate of drug-likeness (QED) is 0.879. The maximum Gasteiger partial charge on any atom is 0.255 e. The normalized spacial score (nSPS) is 30.9. The monoisotopic (exact) mass is 358 g/mol. The van der Waals surface area contributed by atoms with E-state index in [0.717, 1.165) is 38.5 Å². The first kappa shape index (κ1) is 17.3. The number of amides is 2. The molecule has 2 heterocycles. The molecule has 1 spiro atoms. The van der Waals surface area contributed by atoms with Gasteiger partial charge in [-0.15, -0.1) is 0 Å². The fraction of sp³-hybridized carbons (Fsp3) is 0.600. The molecule has 2 aliphatic heterocycles. The van der Waals surface area contributed by atoms with Crippen molar-refractivity contribution in [2.45, 2.75) is 56.3 Å². The Kier molecular flexibility index (Phi) is 4.61. The first-order valence-corrected chi connectivity index (χ1v) is 9.52. The van der Waals surface area contributed by atoms with Crippen LogP contribution in [0.4, 0.5) is 0 Å². The highest BCUT2D eigenvalue weighted by Crippen LogP contribution is 2.37. The Morgan fingerprint density at radius 1 is 1.23 bits per heavy atom. The molecule has 0 radical (unpaired) electrons. The summed E-state index contributed by atoms with van der Waals surface area (Å²) in [6, 6.07) is 7.60. The summed E-state index contributed by atoms with van der Waals surface area (Å²) < 4.78 is 11.9. The summed E-state index contributed by atoms with van der Waals surface area (Å²) in [6.07, 6.45) is 4.89. The van der Waals surface area contributed by atoms with Crippen molar-refractivity contribution < 1.29 is 19.1 Å². The molecular weight excluding hydrogens is 332 g/mol. The predicted octanol–water partition coefficient (Wildman–Crippen LogP) is 2.13. The zero-order valence-corrected chi connectivity index (χ0v) is 15.2. The molecule has 0 aromatic heterocycles. The largest absolute Gasteiger partial charge is 0.485 e. The van der Waals surface area contributed by atoms with E-state index in [2.05, 4.69) is 5.32 Å². The number of rotatable bonds is 2. The van der Waals surface area contributed by atoms with Crippen molar-refractivity contribution in [3.05, 3.63) is 29.8 Å². The average Bonchev–Trinajstić information content (AvgIpc) is 3.17. The highest BCUT2D eigenvalue weighted by atomic mass is 16.5. The van der Waals surface area contributed by atoms with Crippen LogP contribution in [0.15, 0.2) is 24.3 Å². The van der Waals surface area contributed by atoms with Crippen molar-refractivity contribution in [2.75, 3.05) is 20.2 Å². The number of benzene rings is 1. The molecule has 6 heteroatoms. The standard InChI is InChI=1S/C20H26N2O4/c1-22(19(24)17-7-4-12-25-17)14-8-10-20(11-9-14)13-21-18(23)15-5-2-3-6-16(15)26-20/h2-3,5-6,14,17H,4,7-13H2,1H3,(H,21,23)/t14?,17-,20?/m1/s1. The van der Waals surface area contributed by atoms with Crippen LogP contribution < -0.4 is 10.1 Å². The van der Waals surface area contributed by atoms with E-state index in [1.54, 1.807) is 6.07 Å². The molecule has 1 aromatic rings. The Labute approximate surface area is 153 Å². The number of likely N-dealkylation sites (N-methyl/N-ethyl adjacent to an activating group) is 1. The molecule has 0 bridgehead atoms. The fourth-order valence-corrected chi connectivity index (χ4v) is 4.32. The lowest BCUT2D eigenvalue weighted by Gasteiger charge is -2.42. The van der Waals surface area contributed by atoms with E-state index in [9.17, 15) is 9.59 Å². The van der Waals surface area contributed by atoms with Crippen LogP contribution in [0.2, 0.25) is 0 Å². The molecule has 1 saturated heterocycles. The van der Waals surface area contributed by atoms with E-state index in [1.807, 2.05) is 30.1 Å². The van der Waals surface area contributed by atoms with Gasteiger partial charge in [-0.2, -0.15) is 0 Å². The van der Waals surface area contributed by atoms with Crippen molar-refractivity contribution in [1.82, 2.24) is 10.2 Å². The van der Waals surface area contributed by atoms with Crippen LogP contribution in [0.5, 0.6) is 5.75 Å². The molecule has 1 saturated carbocycles. The minimum Gasteiger partial charge on any atom is -0.485 e. The molecule has 1 aromatic carbocycles. The first-order chi connectivity index (χ1) is 12.6. The zero-order chi connectivity index (χ0) is 18.1. The number of hydrogen-bond acceptors (Lipinski definition) is 4. The van der Waals surface area contributed by atoms with Gasteiger partial charge < -0.3 is 19.7 Å². The topological polar surface area (TPSA) is 67.9 Å². The Bertz CT molecular complexity index is 691. The van der Waals surface area contributed by atoms with Gasteiger partial charge in [-0.25, -0.2) is 0 Å². The number of fused-ring (bicyclic) bond motifs is 1. The van der Waals surface area contributed by atoms with Crippen LogP contribution in [-0.2, 0) is 9.53 Å². The number of carbonyl (C=O) groups is 2. The van der Waals surface area contributed by atoms with Crippen molar-refractivity contribution in [3.8, 4) is 5.75 Å². The van der Waals surface area contributed by atoms with Gasteiger partial charge in [-0.05, 0) is 50.7 Å². The van der Waals surface area contributed by atoms with E-state index < -0.39 is 0 Å². The lowest BCUT2D eigenvalue weighted by atomic mass is 9.81. The Morgan fingerprint density at radius 3 is 2.73 bits per heavy atom. The summed E-state index contributed by atoms with van der Waals surface area (Å²) in [4.78, 5) is 26.7. The Morgan fingerprint density at radius 2 is 2.00 bits per heavy atom.